The summed E-state index contributed by atoms with van der Waals surface area (Å²) in [7, 11) is 0. The van der Waals surface area contributed by atoms with Gasteiger partial charge in [0.25, 0.3) is 5.91 Å². The zero-order chi connectivity index (χ0) is 17.0. The molecule has 2 aromatic heterocycles. The van der Waals surface area contributed by atoms with Crippen LogP contribution in [0.1, 0.15) is 33.9 Å². The summed E-state index contributed by atoms with van der Waals surface area (Å²) < 4.78 is 0. The predicted molar refractivity (Wildman–Crippen MR) is 92.5 cm³/mol. The number of nitrogens with one attached hydrogen (secondary N) is 1. The van der Waals surface area contributed by atoms with Gasteiger partial charge in [-0.1, -0.05) is 0 Å². The van der Waals surface area contributed by atoms with E-state index in [0.717, 1.165) is 50.7 Å². The summed E-state index contributed by atoms with van der Waals surface area (Å²) in [6.45, 7) is 5.63. The van der Waals surface area contributed by atoms with Gasteiger partial charge in [-0.2, -0.15) is 5.10 Å². The highest BCUT2D eigenvalue weighted by Gasteiger charge is 2.43. The summed E-state index contributed by atoms with van der Waals surface area (Å²) in [4.78, 5) is 26.3. The van der Waals surface area contributed by atoms with Crippen molar-refractivity contribution >= 4 is 11.7 Å². The van der Waals surface area contributed by atoms with Crippen molar-refractivity contribution in [1.29, 1.82) is 0 Å². The van der Waals surface area contributed by atoms with Crippen LogP contribution in [-0.2, 0) is 12.8 Å². The van der Waals surface area contributed by atoms with Gasteiger partial charge in [-0.05, 0) is 26.2 Å². The average Bonchev–Trinajstić information content (AvgIpc) is 3.34. The summed E-state index contributed by atoms with van der Waals surface area (Å²) in [6.07, 6.45) is 6.65. The lowest BCUT2D eigenvalue weighted by Crippen LogP contribution is -2.33. The van der Waals surface area contributed by atoms with Crippen LogP contribution in [0.5, 0.6) is 0 Å². The van der Waals surface area contributed by atoms with Gasteiger partial charge in [0, 0.05) is 55.5 Å². The van der Waals surface area contributed by atoms with Gasteiger partial charge in [-0.25, -0.2) is 9.97 Å². The van der Waals surface area contributed by atoms with Crippen LogP contribution in [-0.4, -0.2) is 57.2 Å². The maximum atomic E-state index is 12.5. The highest BCUT2D eigenvalue weighted by atomic mass is 16.2. The molecule has 2 atom stereocenters. The lowest BCUT2D eigenvalue weighted by atomic mass is 10.0. The molecular formula is C18H22N6O. The second kappa shape index (κ2) is 5.54. The van der Waals surface area contributed by atoms with Gasteiger partial charge in [0.05, 0.1) is 11.8 Å². The molecule has 25 heavy (non-hydrogen) atoms. The average molecular weight is 338 g/mol. The van der Waals surface area contributed by atoms with Crippen LogP contribution >= 0.6 is 0 Å². The fourth-order valence-electron chi connectivity index (χ4n) is 4.68. The second-order valence-electron chi connectivity index (χ2n) is 7.50. The number of fused-ring (bicyclic) bond motifs is 2. The Balaban J connectivity index is 1.33. The molecule has 7 heteroatoms. The highest BCUT2D eigenvalue weighted by Crippen LogP contribution is 2.37. The molecule has 1 aliphatic carbocycles. The Labute approximate surface area is 146 Å². The zero-order valence-electron chi connectivity index (χ0n) is 14.4. The molecule has 1 N–H and O–H groups in total. The van der Waals surface area contributed by atoms with Crippen molar-refractivity contribution in [1.82, 2.24) is 25.1 Å². The minimum Gasteiger partial charge on any atom is -0.356 e. The lowest BCUT2D eigenvalue weighted by molar-refractivity contribution is 0.0782. The molecule has 0 saturated carbocycles. The minimum absolute atomic E-state index is 0.0912. The molecule has 2 unspecified atom stereocenters. The molecule has 0 spiro atoms. The fraction of sp³-hybridized carbons (Fsp3) is 0.556. The van der Waals surface area contributed by atoms with Gasteiger partial charge >= 0.3 is 0 Å². The normalized spacial score (nSPS) is 24.7. The third-order valence-corrected chi connectivity index (χ3v) is 5.84. The number of aromatic amines is 1. The molecule has 1 amide bonds. The largest absolute Gasteiger partial charge is 0.356 e. The number of aromatic nitrogens is 4. The molecule has 2 aliphatic heterocycles. The first-order valence-electron chi connectivity index (χ1n) is 9.08. The first kappa shape index (κ1) is 14.9. The molecule has 0 bridgehead atoms. The van der Waals surface area contributed by atoms with E-state index < -0.39 is 0 Å². The van der Waals surface area contributed by atoms with Crippen LogP contribution in [0.15, 0.2) is 12.4 Å². The first-order chi connectivity index (χ1) is 12.2. The van der Waals surface area contributed by atoms with E-state index in [9.17, 15) is 4.79 Å². The summed E-state index contributed by atoms with van der Waals surface area (Å²) in [5, 5.41) is 6.61. The van der Waals surface area contributed by atoms with E-state index in [0.29, 0.717) is 17.4 Å². The molecule has 0 aromatic carbocycles. The number of amides is 1. The number of carbonyl (C=O) groups excluding carboxylic acids is 1. The quantitative estimate of drug-likeness (QED) is 0.890. The standard InChI is InChI=1S/C18H22N6O/c1-11-21-16-4-2-3-15(16)17(22-11)23-7-13-9-24(10-14(13)8-23)18(25)12-5-19-20-6-12/h5-6,13-14H,2-4,7-10H2,1H3,(H,19,20). The Bertz CT molecular complexity index is 803. The maximum absolute atomic E-state index is 12.5. The van der Waals surface area contributed by atoms with Crippen LogP contribution in [0, 0.1) is 18.8 Å². The number of rotatable bonds is 2. The summed E-state index contributed by atoms with van der Waals surface area (Å²) >= 11 is 0. The van der Waals surface area contributed by atoms with Gasteiger partial charge in [0.2, 0.25) is 0 Å². The smallest absolute Gasteiger partial charge is 0.257 e. The maximum Gasteiger partial charge on any atom is 0.257 e. The molecule has 3 aliphatic rings. The Morgan fingerprint density at radius 3 is 2.68 bits per heavy atom. The van der Waals surface area contributed by atoms with Gasteiger partial charge in [0.1, 0.15) is 11.6 Å². The van der Waals surface area contributed by atoms with Gasteiger partial charge in [0.15, 0.2) is 0 Å². The van der Waals surface area contributed by atoms with E-state index in [1.807, 2.05) is 11.8 Å². The third-order valence-electron chi connectivity index (χ3n) is 5.84. The van der Waals surface area contributed by atoms with Crippen molar-refractivity contribution < 1.29 is 4.79 Å². The monoisotopic (exact) mass is 338 g/mol. The summed E-state index contributed by atoms with van der Waals surface area (Å²) in [6, 6.07) is 0. The molecule has 2 saturated heterocycles. The number of anilines is 1. The van der Waals surface area contributed by atoms with E-state index >= 15 is 0 Å². The van der Waals surface area contributed by atoms with Crippen molar-refractivity contribution in [3.8, 4) is 0 Å². The van der Waals surface area contributed by atoms with Crippen molar-refractivity contribution in [3.63, 3.8) is 0 Å². The summed E-state index contributed by atoms with van der Waals surface area (Å²) in [5.41, 5.74) is 3.26. The van der Waals surface area contributed by atoms with E-state index in [1.165, 1.54) is 17.7 Å². The number of hydrogen-bond donors (Lipinski definition) is 1. The topological polar surface area (TPSA) is 78.0 Å². The lowest BCUT2D eigenvalue weighted by Gasteiger charge is -2.24. The number of carbonyl (C=O) groups is 1. The predicted octanol–water partition coefficient (Wildman–Crippen LogP) is 1.21. The Morgan fingerprint density at radius 1 is 1.16 bits per heavy atom. The van der Waals surface area contributed by atoms with Crippen molar-refractivity contribution in [2.45, 2.75) is 26.2 Å². The second-order valence-corrected chi connectivity index (χ2v) is 7.50. The van der Waals surface area contributed by atoms with Gasteiger partial charge in [-0.3, -0.25) is 9.89 Å². The molecule has 5 rings (SSSR count). The fourth-order valence-corrected chi connectivity index (χ4v) is 4.68. The Kier molecular flexibility index (Phi) is 3.29. The molecule has 130 valence electrons. The van der Waals surface area contributed by atoms with Crippen LogP contribution < -0.4 is 4.90 Å². The van der Waals surface area contributed by atoms with Gasteiger partial charge < -0.3 is 9.80 Å². The first-order valence-corrected chi connectivity index (χ1v) is 9.08. The molecule has 2 aromatic rings. The SMILES string of the molecule is Cc1nc2c(c(N3CC4CN(C(=O)c5cn[nH]c5)CC4C3)n1)CCC2. The van der Waals surface area contributed by atoms with Crippen LogP contribution in [0.4, 0.5) is 5.82 Å². The number of hydrogen-bond acceptors (Lipinski definition) is 5. The van der Waals surface area contributed by atoms with Gasteiger partial charge in [-0.15, -0.1) is 0 Å². The van der Waals surface area contributed by atoms with E-state index in [4.69, 9.17) is 4.98 Å². The molecule has 2 fully saturated rings. The van der Waals surface area contributed by atoms with Crippen molar-refractivity contribution in [3.05, 3.63) is 35.0 Å². The molecule has 0 radical (unpaired) electrons. The van der Waals surface area contributed by atoms with Crippen LogP contribution in [0.2, 0.25) is 0 Å². The Hall–Kier alpha value is -2.44. The van der Waals surface area contributed by atoms with E-state index in [1.54, 1.807) is 12.4 Å². The molecule has 4 heterocycles. The zero-order valence-corrected chi connectivity index (χ0v) is 14.4. The van der Waals surface area contributed by atoms with E-state index in [2.05, 4.69) is 20.1 Å². The number of H-pyrrole nitrogens is 1. The minimum atomic E-state index is 0.0912. The number of nitrogens with zero attached hydrogens (tertiary/aromatic N) is 5. The van der Waals surface area contributed by atoms with Crippen LogP contribution in [0.3, 0.4) is 0 Å². The molecule has 7 nitrogen and oxygen atoms in total. The number of likely N-dealkylation sites (tertiary alicyclic amines) is 1. The third kappa shape index (κ3) is 2.41. The molecular weight excluding hydrogens is 316 g/mol. The van der Waals surface area contributed by atoms with E-state index in [-0.39, 0.29) is 5.91 Å². The highest BCUT2D eigenvalue weighted by molar-refractivity contribution is 5.93. The Morgan fingerprint density at radius 2 is 1.96 bits per heavy atom. The summed E-state index contributed by atoms with van der Waals surface area (Å²) in [5.74, 6) is 3.19. The van der Waals surface area contributed by atoms with Crippen LogP contribution in [0.25, 0.3) is 0 Å². The number of aryl methyl sites for hydroxylation is 2. The van der Waals surface area contributed by atoms with Crippen molar-refractivity contribution in [2.24, 2.45) is 11.8 Å². The van der Waals surface area contributed by atoms with Crippen molar-refractivity contribution in [2.75, 3.05) is 31.1 Å².